The maximum absolute atomic E-state index is 12.1. The predicted octanol–water partition coefficient (Wildman–Crippen LogP) is 3.67. The average molecular weight is 295 g/mol. The van der Waals surface area contributed by atoms with Crippen LogP contribution in [0.2, 0.25) is 5.02 Å². The Labute approximate surface area is 126 Å². The van der Waals surface area contributed by atoms with E-state index in [1.54, 1.807) is 0 Å². The van der Waals surface area contributed by atoms with Crippen LogP contribution in [0.4, 0.5) is 4.79 Å². The van der Waals surface area contributed by atoms with Crippen LogP contribution < -0.4 is 5.32 Å². The zero-order valence-electron chi connectivity index (χ0n) is 12.4. The summed E-state index contributed by atoms with van der Waals surface area (Å²) < 4.78 is 0. The zero-order valence-corrected chi connectivity index (χ0v) is 13.2. The molecule has 1 saturated heterocycles. The van der Waals surface area contributed by atoms with Gasteiger partial charge in [0.25, 0.3) is 0 Å². The van der Waals surface area contributed by atoms with Crippen LogP contribution >= 0.6 is 11.6 Å². The molecule has 0 saturated carbocycles. The van der Waals surface area contributed by atoms with E-state index in [1.807, 2.05) is 29.2 Å². The Morgan fingerprint density at radius 2 is 2.15 bits per heavy atom. The van der Waals surface area contributed by atoms with Crippen LogP contribution in [0.3, 0.4) is 0 Å². The van der Waals surface area contributed by atoms with E-state index >= 15 is 0 Å². The van der Waals surface area contributed by atoms with E-state index in [0.29, 0.717) is 12.5 Å². The number of rotatable bonds is 3. The summed E-state index contributed by atoms with van der Waals surface area (Å²) in [6, 6.07) is 7.85. The Bertz CT molecular complexity index is 487. The Morgan fingerprint density at radius 3 is 2.75 bits per heavy atom. The second-order valence-corrected chi connectivity index (χ2v) is 6.77. The van der Waals surface area contributed by atoms with Crippen molar-refractivity contribution in [2.75, 3.05) is 19.6 Å². The molecule has 1 heterocycles. The number of urea groups is 1. The molecule has 1 atom stereocenters. The van der Waals surface area contributed by atoms with Crippen molar-refractivity contribution in [2.45, 2.75) is 32.6 Å². The van der Waals surface area contributed by atoms with Crippen molar-refractivity contribution >= 4 is 17.6 Å². The molecule has 0 spiro atoms. The summed E-state index contributed by atoms with van der Waals surface area (Å²) in [7, 11) is 0. The monoisotopic (exact) mass is 294 g/mol. The topological polar surface area (TPSA) is 32.3 Å². The summed E-state index contributed by atoms with van der Waals surface area (Å²) in [5.74, 6) is 0.609. The van der Waals surface area contributed by atoms with Gasteiger partial charge >= 0.3 is 6.03 Å². The number of nitrogens with one attached hydrogen (secondary N) is 1. The lowest BCUT2D eigenvalue weighted by molar-refractivity contribution is 0.205. The van der Waals surface area contributed by atoms with E-state index < -0.39 is 0 Å². The molecule has 1 aromatic rings. The molecule has 0 aromatic heterocycles. The molecule has 2 amide bonds. The van der Waals surface area contributed by atoms with Crippen molar-refractivity contribution in [2.24, 2.45) is 5.92 Å². The first-order chi connectivity index (χ1) is 9.40. The van der Waals surface area contributed by atoms with Crippen LogP contribution in [0.1, 0.15) is 32.8 Å². The summed E-state index contributed by atoms with van der Waals surface area (Å²) in [4.78, 5) is 14.0. The molecule has 0 aliphatic carbocycles. The van der Waals surface area contributed by atoms with Crippen molar-refractivity contribution < 1.29 is 4.79 Å². The first-order valence-corrected chi connectivity index (χ1v) is 7.56. The van der Waals surface area contributed by atoms with E-state index in [-0.39, 0.29) is 11.4 Å². The summed E-state index contributed by atoms with van der Waals surface area (Å²) in [6.45, 7) is 8.68. The summed E-state index contributed by atoms with van der Waals surface area (Å²) in [5.41, 5.74) is 0.885. The van der Waals surface area contributed by atoms with Gasteiger partial charge in [-0.25, -0.2) is 4.79 Å². The highest BCUT2D eigenvalue weighted by molar-refractivity contribution is 6.31. The van der Waals surface area contributed by atoms with Crippen LogP contribution in [0.5, 0.6) is 0 Å². The van der Waals surface area contributed by atoms with Gasteiger partial charge in [0, 0.05) is 30.1 Å². The standard InChI is InChI=1S/C16H23ClN2O/c1-12-8-9-19(10-12)15(20)18-11-16(2,3)13-6-4-5-7-14(13)17/h4-7,12H,8-11H2,1-3H3,(H,18,20). The molecule has 0 radical (unpaired) electrons. The Kier molecular flexibility index (Phi) is 4.59. The van der Waals surface area contributed by atoms with Crippen LogP contribution in [0, 0.1) is 5.92 Å². The van der Waals surface area contributed by atoms with Crippen molar-refractivity contribution in [1.82, 2.24) is 10.2 Å². The SMILES string of the molecule is CC1CCN(C(=O)NCC(C)(C)c2ccccc2Cl)C1. The van der Waals surface area contributed by atoms with Crippen molar-refractivity contribution in [3.05, 3.63) is 34.9 Å². The molecule has 1 unspecified atom stereocenters. The molecule has 1 aliphatic heterocycles. The third-order valence-corrected chi connectivity index (χ3v) is 4.33. The number of benzene rings is 1. The summed E-state index contributed by atoms with van der Waals surface area (Å²) >= 11 is 6.25. The van der Waals surface area contributed by atoms with Gasteiger partial charge in [-0.05, 0) is 24.0 Å². The molecular weight excluding hydrogens is 272 g/mol. The zero-order chi connectivity index (χ0) is 14.8. The summed E-state index contributed by atoms with van der Waals surface area (Å²) in [5, 5.41) is 3.79. The first-order valence-electron chi connectivity index (χ1n) is 7.18. The molecule has 2 rings (SSSR count). The first kappa shape index (κ1) is 15.2. The minimum absolute atomic E-state index is 0.0366. The largest absolute Gasteiger partial charge is 0.337 e. The van der Waals surface area contributed by atoms with Gasteiger partial charge in [-0.1, -0.05) is 50.6 Å². The number of amides is 2. The van der Waals surface area contributed by atoms with Crippen LogP contribution in [-0.2, 0) is 5.41 Å². The third-order valence-electron chi connectivity index (χ3n) is 4.00. The molecule has 0 bridgehead atoms. The number of nitrogens with zero attached hydrogens (tertiary/aromatic N) is 1. The molecular formula is C16H23ClN2O. The Morgan fingerprint density at radius 1 is 1.45 bits per heavy atom. The van der Waals surface area contributed by atoms with Gasteiger partial charge in [0.15, 0.2) is 0 Å². The van der Waals surface area contributed by atoms with Crippen molar-refractivity contribution in [3.8, 4) is 0 Å². The van der Waals surface area contributed by atoms with Crippen molar-refractivity contribution in [3.63, 3.8) is 0 Å². The highest BCUT2D eigenvalue weighted by Crippen LogP contribution is 2.29. The second-order valence-electron chi connectivity index (χ2n) is 6.36. The number of halogens is 1. The van der Waals surface area contributed by atoms with Crippen LogP contribution in [-0.4, -0.2) is 30.6 Å². The van der Waals surface area contributed by atoms with Gasteiger partial charge in [-0.15, -0.1) is 0 Å². The molecule has 20 heavy (non-hydrogen) atoms. The minimum Gasteiger partial charge on any atom is -0.337 e. The molecule has 110 valence electrons. The number of hydrogen-bond donors (Lipinski definition) is 1. The van der Waals surface area contributed by atoms with Crippen LogP contribution in [0.15, 0.2) is 24.3 Å². The van der Waals surface area contributed by atoms with Gasteiger partial charge in [0.1, 0.15) is 0 Å². The quantitative estimate of drug-likeness (QED) is 0.906. The third kappa shape index (κ3) is 3.45. The molecule has 3 nitrogen and oxygen atoms in total. The Hall–Kier alpha value is -1.22. The van der Waals surface area contributed by atoms with Crippen molar-refractivity contribution in [1.29, 1.82) is 0 Å². The lowest BCUT2D eigenvalue weighted by Gasteiger charge is -2.28. The lowest BCUT2D eigenvalue weighted by atomic mass is 9.84. The number of likely N-dealkylation sites (tertiary alicyclic amines) is 1. The molecule has 1 aliphatic rings. The van der Waals surface area contributed by atoms with E-state index in [1.165, 1.54) is 0 Å². The van der Waals surface area contributed by atoms with E-state index in [2.05, 4.69) is 26.1 Å². The molecule has 1 aromatic carbocycles. The van der Waals surface area contributed by atoms with Gasteiger partial charge in [0.2, 0.25) is 0 Å². The van der Waals surface area contributed by atoms with E-state index in [0.717, 1.165) is 30.1 Å². The number of carbonyl (C=O) groups is 1. The highest BCUT2D eigenvalue weighted by atomic mass is 35.5. The molecule has 4 heteroatoms. The van der Waals surface area contributed by atoms with Gasteiger partial charge < -0.3 is 10.2 Å². The normalized spacial score (nSPS) is 19.2. The molecule has 1 N–H and O–H groups in total. The number of hydrogen-bond acceptors (Lipinski definition) is 1. The fourth-order valence-electron chi connectivity index (χ4n) is 2.63. The smallest absolute Gasteiger partial charge is 0.317 e. The predicted molar refractivity (Wildman–Crippen MR) is 83.2 cm³/mol. The van der Waals surface area contributed by atoms with Gasteiger partial charge in [-0.3, -0.25) is 0 Å². The molecule has 1 fully saturated rings. The van der Waals surface area contributed by atoms with E-state index in [9.17, 15) is 4.79 Å². The fourth-order valence-corrected chi connectivity index (χ4v) is 3.02. The maximum atomic E-state index is 12.1. The Balaban J connectivity index is 1.96. The lowest BCUT2D eigenvalue weighted by Crippen LogP contribution is -2.43. The fraction of sp³-hybridized carbons (Fsp3) is 0.562. The van der Waals surface area contributed by atoms with Gasteiger partial charge in [-0.2, -0.15) is 0 Å². The number of carbonyl (C=O) groups excluding carboxylic acids is 1. The van der Waals surface area contributed by atoms with E-state index in [4.69, 9.17) is 11.6 Å². The minimum atomic E-state index is -0.181. The summed E-state index contributed by atoms with van der Waals surface area (Å²) in [6.07, 6.45) is 1.10. The van der Waals surface area contributed by atoms with Gasteiger partial charge in [0.05, 0.1) is 0 Å². The highest BCUT2D eigenvalue weighted by Gasteiger charge is 2.27. The average Bonchev–Trinajstić information content (AvgIpc) is 2.83. The maximum Gasteiger partial charge on any atom is 0.317 e. The second kappa shape index (κ2) is 6.04. The van der Waals surface area contributed by atoms with Crippen LogP contribution in [0.25, 0.3) is 0 Å².